The van der Waals surface area contributed by atoms with Crippen molar-refractivity contribution in [3.63, 3.8) is 0 Å². The molecule has 18 heavy (non-hydrogen) atoms. The van der Waals surface area contributed by atoms with Gasteiger partial charge in [0.05, 0.1) is 5.02 Å². The van der Waals surface area contributed by atoms with Crippen LogP contribution in [0, 0.1) is 0 Å². The molecule has 1 aromatic rings. The van der Waals surface area contributed by atoms with Gasteiger partial charge in [-0.15, -0.1) is 0 Å². The van der Waals surface area contributed by atoms with Crippen LogP contribution in [0.4, 0.5) is 0 Å². The fourth-order valence-corrected chi connectivity index (χ4v) is 3.88. The van der Waals surface area contributed by atoms with Gasteiger partial charge >= 0.3 is 0 Å². The number of hydrogen-bond acceptors (Lipinski definition) is 2. The number of phenols is 1. The Bertz CT molecular complexity index is 478. The molecule has 3 rings (SSSR count). The van der Waals surface area contributed by atoms with Gasteiger partial charge in [-0.05, 0) is 55.7 Å². The highest BCUT2D eigenvalue weighted by molar-refractivity contribution is 6.32. The summed E-state index contributed by atoms with van der Waals surface area (Å²) >= 11 is 6.19. The Morgan fingerprint density at radius 3 is 2.50 bits per heavy atom. The van der Waals surface area contributed by atoms with Crippen LogP contribution in [0.1, 0.15) is 55.2 Å². The number of aromatic hydroxyl groups is 1. The predicted octanol–water partition coefficient (Wildman–Crippen LogP) is 3.65. The maximum absolute atomic E-state index is 10.4. The van der Waals surface area contributed by atoms with Gasteiger partial charge in [0, 0.05) is 11.1 Å². The molecule has 0 atom stereocenters. The van der Waals surface area contributed by atoms with Crippen LogP contribution >= 0.6 is 11.6 Å². The first-order valence-electron chi connectivity index (χ1n) is 6.94. The number of rotatable bonds is 1. The summed E-state index contributed by atoms with van der Waals surface area (Å²) in [5.41, 5.74) is 9.75. The summed E-state index contributed by atoms with van der Waals surface area (Å²) in [7, 11) is 0. The molecule has 0 amide bonds. The predicted molar refractivity (Wildman–Crippen MR) is 74.1 cm³/mol. The van der Waals surface area contributed by atoms with E-state index in [-0.39, 0.29) is 11.3 Å². The lowest BCUT2D eigenvalue weighted by Crippen LogP contribution is -2.35. The molecule has 1 fully saturated rings. The van der Waals surface area contributed by atoms with Crippen LogP contribution in [0.5, 0.6) is 5.75 Å². The molecule has 2 aliphatic carbocycles. The molecule has 0 bridgehead atoms. The van der Waals surface area contributed by atoms with Crippen LogP contribution < -0.4 is 5.73 Å². The van der Waals surface area contributed by atoms with Gasteiger partial charge in [0.1, 0.15) is 5.75 Å². The maximum Gasteiger partial charge on any atom is 0.139 e. The van der Waals surface area contributed by atoms with Gasteiger partial charge in [-0.2, -0.15) is 0 Å². The van der Waals surface area contributed by atoms with Crippen LogP contribution in [-0.2, 0) is 18.4 Å². The minimum atomic E-state index is -0.351. The smallest absolute Gasteiger partial charge is 0.139 e. The molecule has 0 aromatic heterocycles. The summed E-state index contributed by atoms with van der Waals surface area (Å²) in [6.45, 7) is 0. The van der Waals surface area contributed by atoms with Crippen molar-refractivity contribution >= 4 is 11.6 Å². The van der Waals surface area contributed by atoms with E-state index in [4.69, 9.17) is 17.3 Å². The molecule has 0 saturated heterocycles. The molecule has 1 aromatic carbocycles. The van der Waals surface area contributed by atoms with E-state index in [9.17, 15) is 5.11 Å². The quantitative estimate of drug-likeness (QED) is 0.814. The largest absolute Gasteiger partial charge is 0.506 e. The average molecular weight is 266 g/mol. The van der Waals surface area contributed by atoms with Gasteiger partial charge in [0.25, 0.3) is 0 Å². The third kappa shape index (κ3) is 1.83. The third-order valence-electron chi connectivity index (χ3n) is 4.57. The highest BCUT2D eigenvalue weighted by Crippen LogP contribution is 2.47. The molecule has 0 spiro atoms. The van der Waals surface area contributed by atoms with E-state index in [0.717, 1.165) is 44.1 Å². The van der Waals surface area contributed by atoms with Crippen molar-refractivity contribution in [1.29, 1.82) is 0 Å². The number of fused-ring (bicyclic) bond motifs is 1. The number of aryl methyl sites for hydroxylation is 1. The summed E-state index contributed by atoms with van der Waals surface area (Å²) in [5.74, 6) is 0.238. The van der Waals surface area contributed by atoms with E-state index >= 15 is 0 Å². The standard InChI is InChI=1S/C15H20ClNO/c16-12-9-10-5-1-2-6-11(10)13(14(12)18)15(17)7-3-4-8-15/h9,18H,1-8,17H2. The van der Waals surface area contributed by atoms with Crippen LogP contribution in [0.15, 0.2) is 6.07 Å². The van der Waals surface area contributed by atoms with Crippen molar-refractivity contribution in [3.05, 3.63) is 27.8 Å². The van der Waals surface area contributed by atoms with Gasteiger partial charge in [-0.25, -0.2) is 0 Å². The lowest BCUT2D eigenvalue weighted by atomic mass is 9.79. The highest BCUT2D eigenvalue weighted by atomic mass is 35.5. The minimum Gasteiger partial charge on any atom is -0.506 e. The Kier molecular flexibility index (Phi) is 3.03. The molecule has 0 radical (unpaired) electrons. The van der Waals surface area contributed by atoms with E-state index in [0.29, 0.717) is 5.02 Å². The molecule has 98 valence electrons. The Balaban J connectivity index is 2.20. The first-order valence-corrected chi connectivity index (χ1v) is 7.32. The molecular formula is C15H20ClNO. The summed E-state index contributed by atoms with van der Waals surface area (Å²) in [6.07, 6.45) is 8.74. The first-order chi connectivity index (χ1) is 8.62. The van der Waals surface area contributed by atoms with E-state index < -0.39 is 0 Å². The Labute approximate surface area is 113 Å². The third-order valence-corrected chi connectivity index (χ3v) is 4.86. The van der Waals surface area contributed by atoms with Gasteiger partial charge < -0.3 is 10.8 Å². The second kappa shape index (κ2) is 4.43. The normalized spacial score (nSPS) is 21.9. The lowest BCUT2D eigenvalue weighted by molar-refractivity contribution is 0.403. The topological polar surface area (TPSA) is 46.2 Å². The highest BCUT2D eigenvalue weighted by Gasteiger charge is 2.37. The van der Waals surface area contributed by atoms with Crippen molar-refractivity contribution in [2.24, 2.45) is 5.73 Å². The molecule has 2 nitrogen and oxygen atoms in total. The lowest BCUT2D eigenvalue weighted by Gasteiger charge is -2.31. The van der Waals surface area contributed by atoms with Crippen LogP contribution in [0.3, 0.4) is 0 Å². The zero-order chi connectivity index (χ0) is 12.8. The Hall–Kier alpha value is -0.730. The van der Waals surface area contributed by atoms with E-state index in [1.807, 2.05) is 6.07 Å². The fraction of sp³-hybridized carbons (Fsp3) is 0.600. The summed E-state index contributed by atoms with van der Waals surface area (Å²) in [4.78, 5) is 0. The van der Waals surface area contributed by atoms with Crippen molar-refractivity contribution in [2.75, 3.05) is 0 Å². The molecule has 0 heterocycles. The molecule has 1 saturated carbocycles. The molecular weight excluding hydrogens is 246 g/mol. The molecule has 0 unspecified atom stereocenters. The second-order valence-corrected chi connectivity index (χ2v) is 6.20. The van der Waals surface area contributed by atoms with Crippen LogP contribution in [-0.4, -0.2) is 5.11 Å². The van der Waals surface area contributed by atoms with E-state index in [1.165, 1.54) is 24.0 Å². The average Bonchev–Trinajstić information content (AvgIpc) is 2.78. The zero-order valence-electron chi connectivity index (χ0n) is 10.6. The van der Waals surface area contributed by atoms with E-state index in [2.05, 4.69) is 0 Å². The van der Waals surface area contributed by atoms with Crippen LogP contribution in [0.2, 0.25) is 5.02 Å². The summed E-state index contributed by atoms with van der Waals surface area (Å²) < 4.78 is 0. The fourth-order valence-electron chi connectivity index (χ4n) is 3.65. The Morgan fingerprint density at radius 1 is 1.11 bits per heavy atom. The van der Waals surface area contributed by atoms with Gasteiger partial charge in [0.15, 0.2) is 0 Å². The monoisotopic (exact) mass is 265 g/mol. The number of nitrogens with two attached hydrogens (primary N) is 1. The van der Waals surface area contributed by atoms with Gasteiger partial charge in [0.2, 0.25) is 0 Å². The summed E-state index contributed by atoms with van der Waals surface area (Å²) in [6, 6.07) is 1.94. The van der Waals surface area contributed by atoms with E-state index in [1.54, 1.807) is 0 Å². The number of halogens is 1. The van der Waals surface area contributed by atoms with Crippen molar-refractivity contribution in [3.8, 4) is 5.75 Å². The molecule has 3 N–H and O–H groups in total. The SMILES string of the molecule is NC1(c2c(O)c(Cl)cc3c2CCCC3)CCCC1. The first kappa shape index (κ1) is 12.3. The van der Waals surface area contributed by atoms with Crippen LogP contribution in [0.25, 0.3) is 0 Å². The zero-order valence-corrected chi connectivity index (χ0v) is 11.4. The second-order valence-electron chi connectivity index (χ2n) is 5.79. The number of benzene rings is 1. The summed E-state index contributed by atoms with van der Waals surface area (Å²) in [5, 5.41) is 10.8. The minimum absolute atomic E-state index is 0.238. The van der Waals surface area contributed by atoms with Crippen molar-refractivity contribution in [1.82, 2.24) is 0 Å². The number of phenolic OH excluding ortho intramolecular Hbond substituents is 1. The van der Waals surface area contributed by atoms with Gasteiger partial charge in [-0.3, -0.25) is 0 Å². The Morgan fingerprint density at radius 2 is 1.78 bits per heavy atom. The molecule has 2 aliphatic rings. The molecule has 0 aliphatic heterocycles. The maximum atomic E-state index is 10.4. The van der Waals surface area contributed by atoms with Crippen molar-refractivity contribution < 1.29 is 5.11 Å². The van der Waals surface area contributed by atoms with Gasteiger partial charge in [-0.1, -0.05) is 24.4 Å². The molecule has 3 heteroatoms. The number of hydrogen-bond donors (Lipinski definition) is 2. The van der Waals surface area contributed by atoms with Crippen molar-refractivity contribution in [2.45, 2.75) is 56.9 Å².